The molecule has 1 aromatic rings. The van der Waals surface area contributed by atoms with Crippen molar-refractivity contribution >= 4 is 5.78 Å². The number of carbonyl (C=O) groups is 1. The first kappa shape index (κ1) is 17.0. The van der Waals surface area contributed by atoms with Gasteiger partial charge in [-0.05, 0) is 39.3 Å². The second kappa shape index (κ2) is 7.75. The van der Waals surface area contributed by atoms with E-state index in [0.29, 0.717) is 24.5 Å². The van der Waals surface area contributed by atoms with E-state index in [4.69, 9.17) is 9.47 Å². The zero-order chi connectivity index (χ0) is 16.1. The van der Waals surface area contributed by atoms with Gasteiger partial charge in [0.25, 0.3) is 0 Å². The molecule has 4 heteroatoms. The van der Waals surface area contributed by atoms with E-state index in [9.17, 15) is 4.79 Å². The molecule has 0 amide bonds. The van der Waals surface area contributed by atoms with Crippen molar-refractivity contribution in [3.8, 4) is 5.75 Å². The number of morpholine rings is 1. The van der Waals surface area contributed by atoms with Crippen LogP contribution in [0.2, 0.25) is 0 Å². The van der Waals surface area contributed by atoms with Gasteiger partial charge >= 0.3 is 0 Å². The van der Waals surface area contributed by atoms with E-state index in [0.717, 1.165) is 25.1 Å². The monoisotopic (exact) mass is 305 g/mol. The number of ether oxygens (including phenoxy) is 2. The molecule has 2 rings (SSSR count). The quantitative estimate of drug-likeness (QED) is 0.757. The molecule has 1 saturated heterocycles. The van der Waals surface area contributed by atoms with Crippen molar-refractivity contribution in [2.45, 2.75) is 46.3 Å². The smallest absolute Gasteiger partial charge is 0.180 e. The second-order valence-electron chi connectivity index (χ2n) is 6.22. The molecule has 0 saturated carbocycles. The number of rotatable bonds is 6. The molecule has 1 aromatic carbocycles. The lowest BCUT2D eigenvalue weighted by atomic mass is 10.1. The summed E-state index contributed by atoms with van der Waals surface area (Å²) in [4.78, 5) is 14.9. The first-order chi connectivity index (χ1) is 10.5. The van der Waals surface area contributed by atoms with Crippen LogP contribution in [0.3, 0.4) is 0 Å². The highest BCUT2D eigenvalue weighted by molar-refractivity contribution is 6.00. The molecule has 4 nitrogen and oxygen atoms in total. The number of hydrogen-bond donors (Lipinski definition) is 0. The summed E-state index contributed by atoms with van der Waals surface area (Å²) in [6, 6.07) is 5.82. The molecule has 122 valence electrons. The summed E-state index contributed by atoms with van der Waals surface area (Å²) in [5.74, 6) is 0.822. The number of Topliss-reactive ketones (excluding diaryl/α,β-unsaturated/α-hetero) is 1. The molecular formula is C18H27NO3. The predicted molar refractivity (Wildman–Crippen MR) is 87.7 cm³/mol. The Morgan fingerprint density at radius 3 is 2.64 bits per heavy atom. The van der Waals surface area contributed by atoms with E-state index >= 15 is 0 Å². The van der Waals surface area contributed by atoms with Crippen molar-refractivity contribution in [3.63, 3.8) is 0 Å². The lowest BCUT2D eigenvalue weighted by Gasteiger charge is -2.34. The zero-order valence-corrected chi connectivity index (χ0v) is 14.1. The molecule has 2 unspecified atom stereocenters. The highest BCUT2D eigenvalue weighted by atomic mass is 16.5. The third-order valence-corrected chi connectivity index (χ3v) is 3.76. The maximum atomic E-state index is 12.7. The molecular weight excluding hydrogens is 278 g/mol. The molecule has 22 heavy (non-hydrogen) atoms. The summed E-state index contributed by atoms with van der Waals surface area (Å²) >= 11 is 0. The summed E-state index contributed by atoms with van der Waals surface area (Å²) in [7, 11) is 0. The molecule has 0 bridgehead atoms. The SMILES string of the molecule is CCCOc1ccc(C)cc1C(=O)CN1CC(C)OC(C)C1. The van der Waals surface area contributed by atoms with Crippen molar-refractivity contribution in [1.82, 2.24) is 4.90 Å². The Morgan fingerprint density at radius 1 is 1.32 bits per heavy atom. The van der Waals surface area contributed by atoms with E-state index in [2.05, 4.69) is 25.7 Å². The van der Waals surface area contributed by atoms with Gasteiger partial charge in [0.15, 0.2) is 5.78 Å². The lowest BCUT2D eigenvalue weighted by Crippen LogP contribution is -2.47. The van der Waals surface area contributed by atoms with E-state index in [1.165, 1.54) is 0 Å². The molecule has 0 radical (unpaired) electrons. The second-order valence-corrected chi connectivity index (χ2v) is 6.22. The van der Waals surface area contributed by atoms with Gasteiger partial charge in [-0.25, -0.2) is 0 Å². The molecule has 2 atom stereocenters. The van der Waals surface area contributed by atoms with Gasteiger partial charge < -0.3 is 9.47 Å². The van der Waals surface area contributed by atoms with Gasteiger partial charge in [-0.2, -0.15) is 0 Å². The van der Waals surface area contributed by atoms with Crippen LogP contribution in [0.5, 0.6) is 5.75 Å². The molecule has 1 aliphatic rings. The largest absolute Gasteiger partial charge is 0.493 e. The summed E-state index contributed by atoms with van der Waals surface area (Å²) in [5, 5.41) is 0. The average Bonchev–Trinajstić information content (AvgIpc) is 2.44. The van der Waals surface area contributed by atoms with Crippen LogP contribution in [0.15, 0.2) is 18.2 Å². The summed E-state index contributed by atoms with van der Waals surface area (Å²) in [6.07, 6.45) is 1.27. The fourth-order valence-electron chi connectivity index (χ4n) is 2.90. The van der Waals surface area contributed by atoms with Crippen LogP contribution >= 0.6 is 0 Å². The predicted octanol–water partition coefficient (Wildman–Crippen LogP) is 3.08. The van der Waals surface area contributed by atoms with Gasteiger partial charge in [0, 0.05) is 13.1 Å². The van der Waals surface area contributed by atoms with E-state index < -0.39 is 0 Å². The number of benzene rings is 1. The maximum Gasteiger partial charge on any atom is 0.180 e. The Kier molecular flexibility index (Phi) is 5.98. The summed E-state index contributed by atoms with van der Waals surface area (Å²) in [6.45, 7) is 10.8. The van der Waals surface area contributed by atoms with Crippen LogP contribution in [-0.4, -0.2) is 49.1 Å². The Morgan fingerprint density at radius 2 is 2.00 bits per heavy atom. The topological polar surface area (TPSA) is 38.8 Å². The fourth-order valence-corrected chi connectivity index (χ4v) is 2.90. The van der Waals surface area contributed by atoms with E-state index in [1.807, 2.05) is 25.1 Å². The van der Waals surface area contributed by atoms with Gasteiger partial charge in [-0.3, -0.25) is 9.69 Å². The molecule has 0 aliphatic carbocycles. The van der Waals surface area contributed by atoms with Crippen LogP contribution in [0.25, 0.3) is 0 Å². The maximum absolute atomic E-state index is 12.7. The number of hydrogen-bond acceptors (Lipinski definition) is 4. The van der Waals surface area contributed by atoms with Crippen LogP contribution in [0.4, 0.5) is 0 Å². The van der Waals surface area contributed by atoms with Crippen LogP contribution in [0.1, 0.15) is 43.1 Å². The minimum atomic E-state index is 0.121. The van der Waals surface area contributed by atoms with Gasteiger partial charge in [0.05, 0.1) is 30.9 Å². The zero-order valence-electron chi connectivity index (χ0n) is 14.1. The van der Waals surface area contributed by atoms with Crippen LogP contribution in [0, 0.1) is 6.92 Å². The normalized spacial score (nSPS) is 22.5. The van der Waals surface area contributed by atoms with Gasteiger partial charge in [0.1, 0.15) is 5.75 Å². The summed E-state index contributed by atoms with van der Waals surface area (Å²) in [5.41, 5.74) is 1.77. The van der Waals surface area contributed by atoms with Crippen molar-refractivity contribution in [2.24, 2.45) is 0 Å². The number of nitrogens with zero attached hydrogens (tertiary/aromatic N) is 1. The Hall–Kier alpha value is -1.39. The fraction of sp³-hybridized carbons (Fsp3) is 0.611. The molecule has 1 aliphatic heterocycles. The number of ketones is 1. The Balaban J connectivity index is 2.09. The average molecular weight is 305 g/mol. The first-order valence-electron chi connectivity index (χ1n) is 8.14. The van der Waals surface area contributed by atoms with Gasteiger partial charge in [0.2, 0.25) is 0 Å². The lowest BCUT2D eigenvalue weighted by molar-refractivity contribution is -0.0652. The third-order valence-electron chi connectivity index (χ3n) is 3.76. The molecule has 0 spiro atoms. The number of aryl methyl sites for hydroxylation is 1. The molecule has 1 heterocycles. The van der Waals surface area contributed by atoms with Gasteiger partial charge in [-0.15, -0.1) is 0 Å². The van der Waals surface area contributed by atoms with Crippen molar-refractivity contribution in [2.75, 3.05) is 26.2 Å². The van der Waals surface area contributed by atoms with Crippen LogP contribution < -0.4 is 4.74 Å². The number of carbonyl (C=O) groups excluding carboxylic acids is 1. The molecule has 0 aromatic heterocycles. The minimum absolute atomic E-state index is 0.121. The molecule has 0 N–H and O–H groups in total. The van der Waals surface area contributed by atoms with E-state index in [-0.39, 0.29) is 18.0 Å². The van der Waals surface area contributed by atoms with Crippen molar-refractivity contribution in [3.05, 3.63) is 29.3 Å². The highest BCUT2D eigenvalue weighted by Crippen LogP contribution is 2.22. The molecule has 1 fully saturated rings. The highest BCUT2D eigenvalue weighted by Gasteiger charge is 2.25. The van der Waals surface area contributed by atoms with Gasteiger partial charge in [-0.1, -0.05) is 18.6 Å². The van der Waals surface area contributed by atoms with Crippen LogP contribution in [-0.2, 0) is 4.74 Å². The minimum Gasteiger partial charge on any atom is -0.493 e. The van der Waals surface area contributed by atoms with Crippen molar-refractivity contribution < 1.29 is 14.3 Å². The standard InChI is InChI=1S/C18H27NO3/c1-5-8-21-18-7-6-13(2)9-16(18)17(20)12-19-10-14(3)22-15(4)11-19/h6-7,9,14-15H,5,8,10-12H2,1-4H3. The Bertz CT molecular complexity index is 505. The van der Waals surface area contributed by atoms with Crippen molar-refractivity contribution in [1.29, 1.82) is 0 Å². The van der Waals surface area contributed by atoms with E-state index in [1.54, 1.807) is 0 Å². The first-order valence-corrected chi connectivity index (χ1v) is 8.14. The summed E-state index contributed by atoms with van der Waals surface area (Å²) < 4.78 is 11.5. The Labute approximate surface area is 133 Å². The third kappa shape index (κ3) is 4.55.